The predicted octanol–water partition coefficient (Wildman–Crippen LogP) is 4.99. The van der Waals surface area contributed by atoms with Crippen molar-refractivity contribution in [3.05, 3.63) is 0 Å². The van der Waals surface area contributed by atoms with Crippen molar-refractivity contribution in [2.75, 3.05) is 0 Å². The SMILES string of the molecule is CC.CC.CC(=O)OC(C)C.CC(C)OC(=O)C(C)(C)C. The summed E-state index contributed by atoms with van der Waals surface area (Å²) in [5, 5.41) is 0. The fraction of sp³-hybridized carbons (Fsp3) is 0.882. The van der Waals surface area contributed by atoms with E-state index in [-0.39, 0.29) is 29.6 Å². The summed E-state index contributed by atoms with van der Waals surface area (Å²) in [6.45, 7) is 22.3. The highest BCUT2D eigenvalue weighted by atomic mass is 16.5. The van der Waals surface area contributed by atoms with Crippen molar-refractivity contribution in [2.45, 2.75) is 95.3 Å². The van der Waals surface area contributed by atoms with Gasteiger partial charge in [-0.15, -0.1) is 0 Å². The summed E-state index contributed by atoms with van der Waals surface area (Å²) < 4.78 is 9.59. The normalized spacial score (nSPS) is 9.24. The molecule has 21 heavy (non-hydrogen) atoms. The van der Waals surface area contributed by atoms with E-state index in [2.05, 4.69) is 4.74 Å². The summed E-state index contributed by atoms with van der Waals surface area (Å²) in [5.74, 6) is -0.350. The summed E-state index contributed by atoms with van der Waals surface area (Å²) in [4.78, 5) is 21.1. The van der Waals surface area contributed by atoms with Gasteiger partial charge >= 0.3 is 11.9 Å². The van der Waals surface area contributed by atoms with Crippen molar-refractivity contribution >= 4 is 11.9 Å². The van der Waals surface area contributed by atoms with Crippen molar-refractivity contribution in [3.63, 3.8) is 0 Å². The molecular formula is C17H38O4. The van der Waals surface area contributed by atoms with E-state index in [0.29, 0.717) is 0 Å². The fourth-order valence-electron chi connectivity index (χ4n) is 0.723. The minimum absolute atomic E-state index is 0.00766. The van der Waals surface area contributed by atoms with E-state index in [4.69, 9.17) is 4.74 Å². The minimum Gasteiger partial charge on any atom is -0.463 e. The van der Waals surface area contributed by atoms with E-state index in [1.807, 2.05) is 76.2 Å². The second kappa shape index (κ2) is 17.0. The molecule has 0 rings (SSSR count). The second-order valence-corrected chi connectivity index (χ2v) is 5.36. The van der Waals surface area contributed by atoms with Crippen LogP contribution in [0.1, 0.15) is 83.1 Å². The first kappa shape index (κ1) is 28.2. The van der Waals surface area contributed by atoms with Crippen LogP contribution in [0, 0.1) is 5.41 Å². The molecule has 0 aromatic heterocycles. The Morgan fingerprint density at radius 1 is 0.762 bits per heavy atom. The molecule has 0 aliphatic carbocycles. The van der Waals surface area contributed by atoms with Gasteiger partial charge in [-0.3, -0.25) is 9.59 Å². The molecule has 0 aliphatic heterocycles. The van der Waals surface area contributed by atoms with Crippen molar-refractivity contribution in [2.24, 2.45) is 5.41 Å². The zero-order valence-corrected chi connectivity index (χ0v) is 16.3. The van der Waals surface area contributed by atoms with Crippen LogP contribution in [0.4, 0.5) is 0 Å². The third kappa shape index (κ3) is 32.5. The van der Waals surface area contributed by atoms with Gasteiger partial charge in [-0.2, -0.15) is 0 Å². The number of rotatable bonds is 2. The van der Waals surface area contributed by atoms with Gasteiger partial charge in [0, 0.05) is 6.92 Å². The van der Waals surface area contributed by atoms with Gasteiger partial charge in [0.1, 0.15) is 0 Å². The van der Waals surface area contributed by atoms with Gasteiger partial charge in [0.25, 0.3) is 0 Å². The monoisotopic (exact) mass is 306 g/mol. The molecule has 0 spiro atoms. The Balaban J connectivity index is -0.000000115. The Morgan fingerprint density at radius 3 is 1.10 bits per heavy atom. The molecule has 0 bridgehead atoms. The summed E-state index contributed by atoms with van der Waals surface area (Å²) in [6.07, 6.45) is 0.0178. The van der Waals surface area contributed by atoms with E-state index in [0.717, 1.165) is 0 Å². The largest absolute Gasteiger partial charge is 0.463 e. The van der Waals surface area contributed by atoms with Crippen molar-refractivity contribution in [1.82, 2.24) is 0 Å². The lowest BCUT2D eigenvalue weighted by Crippen LogP contribution is -2.25. The van der Waals surface area contributed by atoms with Crippen LogP contribution >= 0.6 is 0 Å². The Hall–Kier alpha value is -1.06. The lowest BCUT2D eigenvalue weighted by Gasteiger charge is -2.18. The maximum Gasteiger partial charge on any atom is 0.311 e. The average Bonchev–Trinajstić information content (AvgIpc) is 2.31. The summed E-state index contributed by atoms with van der Waals surface area (Å²) in [6, 6.07) is 0. The Bertz CT molecular complexity index is 238. The summed E-state index contributed by atoms with van der Waals surface area (Å²) in [7, 11) is 0. The van der Waals surface area contributed by atoms with Gasteiger partial charge in [-0.1, -0.05) is 27.7 Å². The van der Waals surface area contributed by atoms with Gasteiger partial charge in [0.05, 0.1) is 17.6 Å². The maximum absolute atomic E-state index is 11.1. The highest BCUT2D eigenvalue weighted by Gasteiger charge is 2.23. The van der Waals surface area contributed by atoms with E-state index in [1.165, 1.54) is 6.92 Å². The molecule has 0 saturated carbocycles. The molecule has 0 saturated heterocycles. The highest BCUT2D eigenvalue weighted by Crippen LogP contribution is 2.15. The molecule has 0 unspecified atom stereocenters. The zero-order chi connectivity index (χ0) is 18.2. The van der Waals surface area contributed by atoms with Crippen LogP contribution < -0.4 is 0 Å². The first-order valence-corrected chi connectivity index (χ1v) is 7.85. The maximum atomic E-state index is 11.1. The van der Waals surface area contributed by atoms with Crippen molar-refractivity contribution in [3.8, 4) is 0 Å². The summed E-state index contributed by atoms with van der Waals surface area (Å²) in [5.41, 5.74) is -0.371. The molecule has 0 aliphatic rings. The minimum atomic E-state index is -0.371. The van der Waals surface area contributed by atoms with Gasteiger partial charge < -0.3 is 9.47 Å². The Morgan fingerprint density at radius 2 is 1.05 bits per heavy atom. The molecule has 4 nitrogen and oxygen atoms in total. The first-order valence-electron chi connectivity index (χ1n) is 7.85. The van der Waals surface area contributed by atoms with Gasteiger partial charge in [0.2, 0.25) is 0 Å². The van der Waals surface area contributed by atoms with Crippen LogP contribution in [0.15, 0.2) is 0 Å². The van der Waals surface area contributed by atoms with Gasteiger partial charge in [-0.25, -0.2) is 0 Å². The van der Waals surface area contributed by atoms with Crippen LogP contribution in [-0.4, -0.2) is 24.1 Å². The molecule has 130 valence electrons. The molecule has 0 radical (unpaired) electrons. The van der Waals surface area contributed by atoms with Crippen LogP contribution in [0.3, 0.4) is 0 Å². The number of ether oxygens (including phenoxy) is 2. The summed E-state index contributed by atoms with van der Waals surface area (Å²) >= 11 is 0. The molecule has 4 heteroatoms. The number of hydrogen-bond acceptors (Lipinski definition) is 4. The Labute approximate surface area is 132 Å². The zero-order valence-electron chi connectivity index (χ0n) is 16.3. The number of esters is 2. The van der Waals surface area contributed by atoms with Gasteiger partial charge in [-0.05, 0) is 48.5 Å². The molecule has 0 aromatic carbocycles. The number of carbonyl (C=O) groups is 2. The quantitative estimate of drug-likeness (QED) is 0.674. The predicted molar refractivity (Wildman–Crippen MR) is 90.3 cm³/mol. The average molecular weight is 306 g/mol. The first-order chi connectivity index (χ1) is 9.46. The van der Waals surface area contributed by atoms with Crippen molar-refractivity contribution < 1.29 is 19.1 Å². The molecule has 0 atom stereocenters. The van der Waals surface area contributed by atoms with Crippen LogP contribution in [-0.2, 0) is 19.1 Å². The van der Waals surface area contributed by atoms with Gasteiger partial charge in [0.15, 0.2) is 0 Å². The molecular weight excluding hydrogens is 268 g/mol. The number of carbonyl (C=O) groups excluding carboxylic acids is 2. The Kier molecular flexibility index (Phi) is 22.8. The van der Waals surface area contributed by atoms with Crippen LogP contribution in [0.25, 0.3) is 0 Å². The molecule has 0 aromatic rings. The molecule has 0 heterocycles. The standard InChI is InChI=1S/C8H16O2.C5H10O2.2C2H6/c1-6(2)10-7(9)8(3,4)5;1-4(2)7-5(3)6;2*1-2/h6H,1-5H3;4H,1-3H3;2*1-2H3. The lowest BCUT2D eigenvalue weighted by atomic mass is 9.97. The van der Waals surface area contributed by atoms with E-state index < -0.39 is 0 Å². The number of hydrogen-bond donors (Lipinski definition) is 0. The van der Waals surface area contributed by atoms with Crippen molar-refractivity contribution in [1.29, 1.82) is 0 Å². The van der Waals surface area contributed by atoms with Crippen LogP contribution in [0.5, 0.6) is 0 Å². The highest BCUT2D eigenvalue weighted by molar-refractivity contribution is 5.75. The lowest BCUT2D eigenvalue weighted by molar-refractivity contribution is -0.156. The van der Waals surface area contributed by atoms with E-state index in [9.17, 15) is 9.59 Å². The molecule has 0 amide bonds. The molecule has 0 N–H and O–H groups in total. The smallest absolute Gasteiger partial charge is 0.311 e. The molecule has 0 fully saturated rings. The van der Waals surface area contributed by atoms with E-state index >= 15 is 0 Å². The third-order valence-corrected chi connectivity index (χ3v) is 1.36. The third-order valence-electron chi connectivity index (χ3n) is 1.36. The topological polar surface area (TPSA) is 52.6 Å². The second-order valence-electron chi connectivity index (χ2n) is 5.36. The van der Waals surface area contributed by atoms with Crippen LogP contribution in [0.2, 0.25) is 0 Å². The fourth-order valence-corrected chi connectivity index (χ4v) is 0.723. The van der Waals surface area contributed by atoms with E-state index in [1.54, 1.807) is 0 Å².